The second-order valence-electron chi connectivity index (χ2n) is 6.56. The fourth-order valence-corrected chi connectivity index (χ4v) is 3.46. The van der Waals surface area contributed by atoms with Crippen molar-refractivity contribution in [2.24, 2.45) is 5.73 Å². The maximum absolute atomic E-state index is 11.5. The summed E-state index contributed by atoms with van der Waals surface area (Å²) >= 11 is 0. The molecule has 2 aliphatic rings. The molecule has 124 valence electrons. The number of β-amino-alcohol motifs (C(OH)–C–C–N with tert-alkyl or cyclic N) is 1. The van der Waals surface area contributed by atoms with Gasteiger partial charge in [0, 0.05) is 28.9 Å². The monoisotopic (exact) mass is 324 g/mol. The molecule has 0 bridgehead atoms. The Bertz CT molecular complexity index is 821. The first-order valence-corrected chi connectivity index (χ1v) is 8.29. The lowest BCUT2D eigenvalue weighted by Crippen LogP contribution is -2.59. The van der Waals surface area contributed by atoms with Crippen molar-refractivity contribution >= 4 is 11.9 Å². The van der Waals surface area contributed by atoms with Crippen molar-refractivity contribution in [3.63, 3.8) is 0 Å². The molecule has 0 unspecified atom stereocenters. The minimum atomic E-state index is -0.442. The highest BCUT2D eigenvalue weighted by Gasteiger charge is 2.36. The van der Waals surface area contributed by atoms with Crippen LogP contribution in [0, 0.1) is 0 Å². The molecular formula is C18H20N4O2. The third kappa shape index (κ3) is 2.34. The first kappa shape index (κ1) is 15.1. The van der Waals surface area contributed by atoms with Gasteiger partial charge in [0.2, 0.25) is 11.9 Å². The first-order valence-electron chi connectivity index (χ1n) is 8.29. The van der Waals surface area contributed by atoms with Gasteiger partial charge in [0.15, 0.2) is 0 Å². The predicted octanol–water partition coefficient (Wildman–Crippen LogP) is 1.30. The van der Waals surface area contributed by atoms with E-state index in [4.69, 9.17) is 15.7 Å². The van der Waals surface area contributed by atoms with Gasteiger partial charge in [0.25, 0.3) is 0 Å². The second-order valence-corrected chi connectivity index (χ2v) is 6.56. The number of primary amides is 1. The van der Waals surface area contributed by atoms with Gasteiger partial charge in [-0.25, -0.2) is 9.97 Å². The summed E-state index contributed by atoms with van der Waals surface area (Å²) in [6, 6.07) is 7.30. The minimum Gasteiger partial charge on any atom is -0.389 e. The van der Waals surface area contributed by atoms with Crippen molar-refractivity contribution in [2.45, 2.75) is 38.3 Å². The van der Waals surface area contributed by atoms with Crippen LogP contribution in [0.15, 0.2) is 24.3 Å². The van der Waals surface area contributed by atoms with E-state index in [1.807, 2.05) is 24.0 Å². The number of nitrogens with zero attached hydrogens (tertiary/aromatic N) is 3. The Labute approximate surface area is 140 Å². The minimum absolute atomic E-state index is 0.0225. The normalized spacial score (nSPS) is 22.2. The zero-order valence-corrected chi connectivity index (χ0v) is 13.6. The van der Waals surface area contributed by atoms with Gasteiger partial charge in [0.1, 0.15) is 0 Å². The fourth-order valence-electron chi connectivity index (χ4n) is 3.46. The highest BCUT2D eigenvalue weighted by Crippen LogP contribution is 2.34. The lowest BCUT2D eigenvalue weighted by atomic mass is 10.0. The summed E-state index contributed by atoms with van der Waals surface area (Å²) in [5.41, 5.74) is 9.89. The lowest BCUT2D eigenvalue weighted by molar-refractivity contribution is 0.0978. The number of aliphatic hydroxyl groups excluding tert-OH is 1. The molecule has 2 aromatic rings. The number of benzene rings is 1. The second kappa shape index (κ2) is 5.56. The molecule has 6 heteroatoms. The molecule has 1 fully saturated rings. The highest BCUT2D eigenvalue weighted by molar-refractivity contribution is 5.94. The summed E-state index contributed by atoms with van der Waals surface area (Å²) in [4.78, 5) is 23.0. The molecule has 6 nitrogen and oxygen atoms in total. The average molecular weight is 324 g/mol. The van der Waals surface area contributed by atoms with Crippen LogP contribution in [0.2, 0.25) is 0 Å². The Kier molecular flexibility index (Phi) is 3.49. The molecule has 2 heterocycles. The third-order valence-electron chi connectivity index (χ3n) is 5.03. The number of aliphatic hydroxyl groups is 1. The van der Waals surface area contributed by atoms with E-state index in [0.29, 0.717) is 18.1 Å². The molecule has 1 aliphatic heterocycles. The van der Waals surface area contributed by atoms with Gasteiger partial charge >= 0.3 is 0 Å². The highest BCUT2D eigenvalue weighted by atomic mass is 16.3. The van der Waals surface area contributed by atoms with Crippen LogP contribution in [0.1, 0.15) is 35.0 Å². The molecule has 1 saturated heterocycles. The number of carbonyl (C=O) groups is 1. The summed E-state index contributed by atoms with van der Waals surface area (Å²) in [5.74, 6) is 0.218. The molecule has 1 aromatic carbocycles. The van der Waals surface area contributed by atoms with Crippen molar-refractivity contribution < 1.29 is 9.90 Å². The van der Waals surface area contributed by atoms with E-state index >= 15 is 0 Å². The summed E-state index contributed by atoms with van der Waals surface area (Å²) < 4.78 is 0. The third-order valence-corrected chi connectivity index (χ3v) is 5.03. The van der Waals surface area contributed by atoms with Gasteiger partial charge in [-0.05, 0) is 38.3 Å². The molecule has 0 spiro atoms. The van der Waals surface area contributed by atoms with Gasteiger partial charge in [0.05, 0.1) is 17.8 Å². The standard InChI is InChI=1S/C18H20N4O2/c1-10-15(23)9-22(10)18-20-14-7-3-6-13(14)16(21-18)11-4-2-5-12(8-11)17(19)24/h2,4-5,8,10,15,23H,3,6-7,9H2,1H3,(H2,19,24)/t10-,15+/m0/s1. The molecule has 1 amide bonds. The number of carbonyl (C=O) groups excluding carboxylic acids is 1. The smallest absolute Gasteiger partial charge is 0.248 e. The molecule has 4 rings (SSSR count). The van der Waals surface area contributed by atoms with Crippen molar-refractivity contribution in [1.82, 2.24) is 9.97 Å². The average Bonchev–Trinajstić information content (AvgIpc) is 3.07. The molecule has 3 N–H and O–H groups in total. The number of aryl methyl sites for hydroxylation is 1. The summed E-state index contributed by atoms with van der Waals surface area (Å²) in [7, 11) is 0. The zero-order valence-electron chi connectivity index (χ0n) is 13.6. The first-order chi connectivity index (χ1) is 11.5. The van der Waals surface area contributed by atoms with Crippen LogP contribution in [0.25, 0.3) is 11.3 Å². The summed E-state index contributed by atoms with van der Waals surface area (Å²) in [6.07, 6.45) is 2.62. The van der Waals surface area contributed by atoms with Crippen LogP contribution in [-0.2, 0) is 12.8 Å². The lowest BCUT2D eigenvalue weighted by Gasteiger charge is -2.43. The van der Waals surface area contributed by atoms with E-state index in [1.165, 1.54) is 0 Å². The number of aromatic nitrogens is 2. The summed E-state index contributed by atoms with van der Waals surface area (Å²) in [5, 5.41) is 9.78. The van der Waals surface area contributed by atoms with E-state index in [9.17, 15) is 9.90 Å². The predicted molar refractivity (Wildman–Crippen MR) is 90.8 cm³/mol. The van der Waals surface area contributed by atoms with Crippen molar-refractivity contribution in [3.05, 3.63) is 41.1 Å². The quantitative estimate of drug-likeness (QED) is 0.888. The Hall–Kier alpha value is -2.47. The van der Waals surface area contributed by atoms with Gasteiger partial charge in [-0.2, -0.15) is 0 Å². The number of nitrogens with two attached hydrogens (primary N) is 1. The van der Waals surface area contributed by atoms with E-state index < -0.39 is 5.91 Å². The van der Waals surface area contributed by atoms with Crippen LogP contribution in [-0.4, -0.2) is 39.7 Å². The molecule has 24 heavy (non-hydrogen) atoms. The topological polar surface area (TPSA) is 92.3 Å². The molecule has 0 saturated carbocycles. The molecular weight excluding hydrogens is 304 g/mol. The molecule has 1 aliphatic carbocycles. The van der Waals surface area contributed by atoms with Crippen molar-refractivity contribution in [2.75, 3.05) is 11.4 Å². The van der Waals surface area contributed by atoms with E-state index in [2.05, 4.69) is 0 Å². The SMILES string of the molecule is C[C@H]1[C@H](O)CN1c1nc2c(c(-c3cccc(C(N)=O)c3)n1)CCC2. The van der Waals surface area contributed by atoms with E-state index in [0.717, 1.165) is 41.8 Å². The van der Waals surface area contributed by atoms with E-state index in [-0.39, 0.29) is 12.1 Å². The molecule has 0 radical (unpaired) electrons. The molecule has 1 aromatic heterocycles. The van der Waals surface area contributed by atoms with Gasteiger partial charge < -0.3 is 15.7 Å². The summed E-state index contributed by atoms with van der Waals surface area (Å²) in [6.45, 7) is 2.53. The Morgan fingerprint density at radius 3 is 2.88 bits per heavy atom. The van der Waals surface area contributed by atoms with Gasteiger partial charge in [-0.3, -0.25) is 4.79 Å². The largest absolute Gasteiger partial charge is 0.389 e. The maximum Gasteiger partial charge on any atom is 0.248 e. The number of rotatable bonds is 3. The van der Waals surface area contributed by atoms with E-state index in [1.54, 1.807) is 12.1 Å². The van der Waals surface area contributed by atoms with Crippen molar-refractivity contribution in [1.29, 1.82) is 0 Å². The van der Waals surface area contributed by atoms with Crippen LogP contribution in [0.3, 0.4) is 0 Å². The van der Waals surface area contributed by atoms with Crippen LogP contribution < -0.4 is 10.6 Å². The number of amides is 1. The number of hydrogen-bond acceptors (Lipinski definition) is 5. The van der Waals surface area contributed by atoms with Gasteiger partial charge in [-0.15, -0.1) is 0 Å². The number of anilines is 1. The zero-order chi connectivity index (χ0) is 16.8. The van der Waals surface area contributed by atoms with Crippen LogP contribution >= 0.6 is 0 Å². The Morgan fingerprint density at radius 1 is 1.33 bits per heavy atom. The van der Waals surface area contributed by atoms with Crippen LogP contribution in [0.5, 0.6) is 0 Å². The van der Waals surface area contributed by atoms with Crippen LogP contribution in [0.4, 0.5) is 5.95 Å². The van der Waals surface area contributed by atoms with Gasteiger partial charge in [-0.1, -0.05) is 12.1 Å². The Morgan fingerprint density at radius 2 is 2.17 bits per heavy atom. The molecule has 2 atom stereocenters. The number of fused-ring (bicyclic) bond motifs is 1. The maximum atomic E-state index is 11.5. The Balaban J connectivity index is 1.81. The number of hydrogen-bond donors (Lipinski definition) is 2. The fraction of sp³-hybridized carbons (Fsp3) is 0.389. The van der Waals surface area contributed by atoms with Crippen molar-refractivity contribution in [3.8, 4) is 11.3 Å².